The Kier molecular flexibility index (Phi) is 5.41. The van der Waals surface area contributed by atoms with E-state index in [0.717, 1.165) is 5.56 Å². The molecule has 0 radical (unpaired) electrons. The van der Waals surface area contributed by atoms with Gasteiger partial charge in [0.15, 0.2) is 6.61 Å². The van der Waals surface area contributed by atoms with Crippen LogP contribution in [0.25, 0.3) is 10.9 Å². The molecule has 2 aromatic heterocycles. The third-order valence-electron chi connectivity index (χ3n) is 4.38. The van der Waals surface area contributed by atoms with Crippen LogP contribution in [0.2, 0.25) is 0 Å². The van der Waals surface area contributed by atoms with E-state index in [2.05, 4.69) is 4.98 Å². The summed E-state index contributed by atoms with van der Waals surface area (Å²) in [6.45, 7) is 1.74. The summed E-state index contributed by atoms with van der Waals surface area (Å²) < 4.78 is 7.26. The largest absolute Gasteiger partial charge is 0.479 e. The maximum Gasteiger partial charge on any atom is 0.341 e. The molecule has 0 aliphatic heterocycles. The molecule has 3 rings (SSSR count). The number of ether oxygens (including phenoxy) is 1. The molecule has 0 aliphatic carbocycles. The molecule has 0 fully saturated rings. The van der Waals surface area contributed by atoms with Gasteiger partial charge in [-0.2, -0.15) is 0 Å². The lowest BCUT2D eigenvalue weighted by Gasteiger charge is -2.15. The van der Waals surface area contributed by atoms with Crippen molar-refractivity contribution >= 4 is 16.9 Å². The lowest BCUT2D eigenvalue weighted by atomic mass is 10.1. The van der Waals surface area contributed by atoms with E-state index in [-0.39, 0.29) is 5.88 Å². The van der Waals surface area contributed by atoms with Crippen molar-refractivity contribution in [3.63, 3.8) is 0 Å². The van der Waals surface area contributed by atoms with Gasteiger partial charge in [-0.05, 0) is 18.6 Å². The summed E-state index contributed by atoms with van der Waals surface area (Å²) >= 11 is 0. The lowest BCUT2D eigenvalue weighted by Crippen LogP contribution is -2.28. The van der Waals surface area contributed by atoms with Gasteiger partial charge >= 0.3 is 5.97 Å². The summed E-state index contributed by atoms with van der Waals surface area (Å²) in [4.78, 5) is 15.0. The second-order valence-electron chi connectivity index (χ2n) is 6.20. The SMILES string of the molecule is Cc1c(C(O)C(N)O)c2c(OCC(=O)O)nccc2n1Cc1ccccc1. The summed E-state index contributed by atoms with van der Waals surface area (Å²) in [6.07, 6.45) is -1.37. The van der Waals surface area contributed by atoms with Gasteiger partial charge in [-0.1, -0.05) is 30.3 Å². The number of benzene rings is 1. The minimum Gasteiger partial charge on any atom is -0.479 e. The molecule has 8 heteroatoms. The fourth-order valence-electron chi connectivity index (χ4n) is 3.16. The topological polar surface area (TPSA) is 131 Å². The highest BCUT2D eigenvalue weighted by Crippen LogP contribution is 2.36. The molecule has 1 aromatic carbocycles. The Balaban J connectivity index is 2.19. The fraction of sp³-hybridized carbons (Fsp3) is 0.263. The Morgan fingerprint density at radius 2 is 1.96 bits per heavy atom. The van der Waals surface area contributed by atoms with Gasteiger partial charge < -0.3 is 30.4 Å². The van der Waals surface area contributed by atoms with Gasteiger partial charge in [0.05, 0.1) is 10.9 Å². The van der Waals surface area contributed by atoms with Crippen LogP contribution in [0, 0.1) is 6.92 Å². The molecule has 5 N–H and O–H groups in total. The van der Waals surface area contributed by atoms with Crippen molar-refractivity contribution in [1.82, 2.24) is 9.55 Å². The third kappa shape index (κ3) is 3.77. The first-order valence-electron chi connectivity index (χ1n) is 8.38. The first-order chi connectivity index (χ1) is 12.9. The van der Waals surface area contributed by atoms with Crippen molar-refractivity contribution in [3.8, 4) is 5.88 Å². The number of carbonyl (C=O) groups is 1. The zero-order valence-electron chi connectivity index (χ0n) is 14.7. The van der Waals surface area contributed by atoms with E-state index in [1.165, 1.54) is 6.20 Å². The molecular weight excluding hydrogens is 350 g/mol. The first-order valence-corrected chi connectivity index (χ1v) is 8.38. The first kappa shape index (κ1) is 18.8. The second-order valence-corrected chi connectivity index (χ2v) is 6.20. The van der Waals surface area contributed by atoms with Gasteiger partial charge in [0.2, 0.25) is 5.88 Å². The number of aromatic nitrogens is 2. The Bertz CT molecular complexity index is 953. The molecule has 0 bridgehead atoms. The average Bonchev–Trinajstić information content (AvgIpc) is 2.92. The van der Waals surface area contributed by atoms with E-state index in [1.807, 2.05) is 34.9 Å². The highest BCUT2D eigenvalue weighted by molar-refractivity contribution is 5.90. The zero-order chi connectivity index (χ0) is 19.6. The van der Waals surface area contributed by atoms with E-state index in [0.29, 0.717) is 28.7 Å². The fourth-order valence-corrected chi connectivity index (χ4v) is 3.16. The lowest BCUT2D eigenvalue weighted by molar-refractivity contribution is -0.139. The van der Waals surface area contributed by atoms with Gasteiger partial charge in [-0.3, -0.25) is 0 Å². The van der Waals surface area contributed by atoms with Crippen molar-refractivity contribution in [1.29, 1.82) is 0 Å². The van der Waals surface area contributed by atoms with Crippen LogP contribution in [0.4, 0.5) is 0 Å². The summed E-state index contributed by atoms with van der Waals surface area (Å²) in [7, 11) is 0. The number of aliphatic hydroxyl groups is 2. The van der Waals surface area contributed by atoms with Crippen LogP contribution in [-0.2, 0) is 11.3 Å². The Hall–Kier alpha value is -2.94. The van der Waals surface area contributed by atoms with Crippen LogP contribution in [0.5, 0.6) is 5.88 Å². The van der Waals surface area contributed by atoms with Crippen LogP contribution in [0.1, 0.15) is 22.9 Å². The van der Waals surface area contributed by atoms with E-state index < -0.39 is 24.9 Å². The monoisotopic (exact) mass is 371 g/mol. The van der Waals surface area contributed by atoms with Crippen molar-refractivity contribution in [2.75, 3.05) is 6.61 Å². The predicted octanol–water partition coefficient (Wildman–Crippen LogP) is 1.17. The minimum absolute atomic E-state index is 0.0690. The number of aliphatic carboxylic acids is 1. The minimum atomic E-state index is -1.51. The van der Waals surface area contributed by atoms with Crippen LogP contribution in [0.15, 0.2) is 42.6 Å². The van der Waals surface area contributed by atoms with Gasteiger partial charge in [0, 0.05) is 24.0 Å². The molecule has 3 aromatic rings. The molecule has 0 saturated heterocycles. The number of fused-ring (bicyclic) bond motifs is 1. The Morgan fingerprint density at radius 1 is 1.26 bits per heavy atom. The zero-order valence-corrected chi connectivity index (χ0v) is 14.7. The van der Waals surface area contributed by atoms with Crippen LogP contribution >= 0.6 is 0 Å². The number of hydrogen-bond acceptors (Lipinski definition) is 6. The molecule has 2 atom stereocenters. The molecule has 2 heterocycles. The molecule has 142 valence electrons. The predicted molar refractivity (Wildman–Crippen MR) is 98.3 cm³/mol. The number of rotatable bonds is 7. The third-order valence-corrected chi connectivity index (χ3v) is 4.38. The van der Waals surface area contributed by atoms with Gasteiger partial charge in [-0.15, -0.1) is 0 Å². The molecule has 2 unspecified atom stereocenters. The number of aliphatic hydroxyl groups excluding tert-OH is 2. The summed E-state index contributed by atoms with van der Waals surface area (Å²) in [5, 5.41) is 29.5. The van der Waals surface area contributed by atoms with Crippen LogP contribution in [-0.4, -0.2) is 43.7 Å². The molecule has 8 nitrogen and oxygen atoms in total. The molecular formula is C19H21N3O5. The van der Waals surface area contributed by atoms with E-state index in [9.17, 15) is 15.0 Å². The molecule has 0 amide bonds. The van der Waals surface area contributed by atoms with Crippen molar-refractivity contribution < 1.29 is 24.9 Å². The average molecular weight is 371 g/mol. The van der Waals surface area contributed by atoms with Crippen molar-refractivity contribution in [2.45, 2.75) is 25.8 Å². The molecule has 0 aliphatic rings. The summed E-state index contributed by atoms with van der Waals surface area (Å²) in [6, 6.07) is 11.5. The smallest absolute Gasteiger partial charge is 0.341 e. The summed E-state index contributed by atoms with van der Waals surface area (Å²) in [5.41, 5.74) is 8.28. The van der Waals surface area contributed by atoms with E-state index in [1.54, 1.807) is 13.0 Å². The maximum absolute atomic E-state index is 10.9. The number of nitrogens with zero attached hydrogens (tertiary/aromatic N) is 2. The second kappa shape index (κ2) is 7.75. The van der Waals surface area contributed by atoms with Crippen molar-refractivity contribution in [3.05, 3.63) is 59.4 Å². The van der Waals surface area contributed by atoms with Gasteiger partial charge in [-0.25, -0.2) is 9.78 Å². The van der Waals surface area contributed by atoms with Crippen LogP contribution in [0.3, 0.4) is 0 Å². The maximum atomic E-state index is 10.9. The number of nitrogens with two attached hydrogens (primary N) is 1. The quantitative estimate of drug-likeness (QED) is 0.459. The van der Waals surface area contributed by atoms with Crippen LogP contribution < -0.4 is 10.5 Å². The normalized spacial score (nSPS) is 13.5. The Labute approximate surface area is 155 Å². The number of carboxylic acid groups (broad SMARTS) is 1. The standard InChI is InChI=1S/C19H21N3O5/c1-11-15(17(25)18(20)26)16-13(7-8-21-19(16)27-10-14(23)24)22(11)9-12-5-3-2-4-6-12/h2-8,17-18,25-26H,9-10,20H2,1H3,(H,23,24). The van der Waals surface area contributed by atoms with Crippen molar-refractivity contribution in [2.24, 2.45) is 5.73 Å². The highest BCUT2D eigenvalue weighted by atomic mass is 16.5. The molecule has 27 heavy (non-hydrogen) atoms. The Morgan fingerprint density at radius 3 is 2.59 bits per heavy atom. The number of pyridine rings is 1. The summed E-state index contributed by atoms with van der Waals surface area (Å²) in [5.74, 6) is -1.07. The van der Waals surface area contributed by atoms with Gasteiger partial charge in [0.25, 0.3) is 0 Å². The highest BCUT2D eigenvalue weighted by Gasteiger charge is 2.27. The van der Waals surface area contributed by atoms with E-state index in [4.69, 9.17) is 15.6 Å². The molecule has 0 spiro atoms. The number of hydrogen-bond donors (Lipinski definition) is 4. The van der Waals surface area contributed by atoms with Gasteiger partial charge in [0.1, 0.15) is 12.3 Å². The molecule has 0 saturated carbocycles. The van der Waals surface area contributed by atoms with E-state index >= 15 is 0 Å². The number of carboxylic acids is 1.